The lowest BCUT2D eigenvalue weighted by Gasteiger charge is -2.15. The Morgan fingerprint density at radius 3 is 2.40 bits per heavy atom. The van der Waals surface area contributed by atoms with Gasteiger partial charge in [-0.1, -0.05) is 31.2 Å². The van der Waals surface area contributed by atoms with Gasteiger partial charge in [0.1, 0.15) is 0 Å². The minimum atomic E-state index is -0.250. The van der Waals surface area contributed by atoms with E-state index < -0.39 is 0 Å². The Morgan fingerprint density at radius 2 is 1.85 bits per heavy atom. The first kappa shape index (κ1) is 13.1. The first-order valence-electron chi connectivity index (χ1n) is 7.10. The van der Waals surface area contributed by atoms with E-state index in [2.05, 4.69) is 41.2 Å². The van der Waals surface area contributed by atoms with Crippen molar-refractivity contribution in [1.82, 2.24) is 9.97 Å². The zero-order chi connectivity index (χ0) is 13.9. The van der Waals surface area contributed by atoms with Gasteiger partial charge in [-0.05, 0) is 24.0 Å². The summed E-state index contributed by atoms with van der Waals surface area (Å²) in [6.45, 7) is 3.60. The summed E-state index contributed by atoms with van der Waals surface area (Å²) in [6, 6.07) is 8.49. The van der Waals surface area contributed by atoms with Crippen LogP contribution in [0.4, 0.5) is 5.95 Å². The first-order valence-corrected chi connectivity index (χ1v) is 7.10. The maximum absolute atomic E-state index is 9.55. The van der Waals surface area contributed by atoms with Crippen LogP contribution < -0.4 is 4.90 Å². The summed E-state index contributed by atoms with van der Waals surface area (Å²) in [5.41, 5.74) is 3.49. The van der Waals surface area contributed by atoms with Crippen LogP contribution >= 0.6 is 0 Å². The van der Waals surface area contributed by atoms with E-state index in [0.29, 0.717) is 12.5 Å². The van der Waals surface area contributed by atoms with E-state index in [4.69, 9.17) is 0 Å². The molecule has 1 fully saturated rings. The van der Waals surface area contributed by atoms with Crippen molar-refractivity contribution in [3.8, 4) is 11.1 Å². The van der Waals surface area contributed by atoms with Gasteiger partial charge in [0.2, 0.25) is 5.95 Å². The average molecular weight is 269 g/mol. The minimum absolute atomic E-state index is 0.250. The van der Waals surface area contributed by atoms with Crippen molar-refractivity contribution in [1.29, 1.82) is 0 Å². The predicted octanol–water partition coefficient (Wildman–Crippen LogP) is 2.28. The van der Waals surface area contributed by atoms with Crippen LogP contribution in [0.3, 0.4) is 0 Å². The zero-order valence-corrected chi connectivity index (χ0v) is 11.7. The molecular weight excluding hydrogens is 250 g/mol. The van der Waals surface area contributed by atoms with Crippen molar-refractivity contribution in [2.24, 2.45) is 0 Å². The van der Waals surface area contributed by atoms with Crippen LogP contribution in [-0.4, -0.2) is 34.3 Å². The number of hydrogen-bond donors (Lipinski definition) is 1. The number of aromatic nitrogens is 2. The normalized spacial score (nSPS) is 18.5. The summed E-state index contributed by atoms with van der Waals surface area (Å²) in [7, 11) is 0. The lowest BCUT2D eigenvalue weighted by Crippen LogP contribution is -2.23. The van der Waals surface area contributed by atoms with Crippen molar-refractivity contribution < 1.29 is 5.11 Å². The van der Waals surface area contributed by atoms with Crippen LogP contribution in [-0.2, 0) is 6.42 Å². The molecule has 1 atom stereocenters. The number of hydrogen-bond acceptors (Lipinski definition) is 4. The number of β-amino-alcohol motifs (C(OH)–C–C–N with tert-alkyl or cyclic N) is 1. The molecule has 0 saturated carbocycles. The fourth-order valence-corrected chi connectivity index (χ4v) is 2.49. The van der Waals surface area contributed by atoms with Gasteiger partial charge in [0.15, 0.2) is 0 Å². The van der Waals surface area contributed by atoms with Crippen LogP contribution in [0, 0.1) is 0 Å². The van der Waals surface area contributed by atoms with Gasteiger partial charge < -0.3 is 10.0 Å². The number of aliphatic hydroxyl groups excluding tert-OH is 1. The lowest BCUT2D eigenvalue weighted by atomic mass is 10.1. The summed E-state index contributed by atoms with van der Waals surface area (Å²) in [5, 5.41) is 9.55. The highest BCUT2D eigenvalue weighted by molar-refractivity contribution is 5.62. The van der Waals surface area contributed by atoms with Crippen LogP contribution in [0.25, 0.3) is 11.1 Å². The molecule has 1 aliphatic heterocycles. The van der Waals surface area contributed by atoms with Gasteiger partial charge in [-0.3, -0.25) is 0 Å². The highest BCUT2D eigenvalue weighted by Gasteiger charge is 2.22. The molecule has 1 aliphatic rings. The number of rotatable bonds is 3. The Hall–Kier alpha value is -1.94. The molecule has 20 heavy (non-hydrogen) atoms. The summed E-state index contributed by atoms with van der Waals surface area (Å²) in [6.07, 6.45) is 5.30. The van der Waals surface area contributed by atoms with Crippen LogP contribution in [0.2, 0.25) is 0 Å². The summed E-state index contributed by atoms with van der Waals surface area (Å²) in [4.78, 5) is 10.9. The topological polar surface area (TPSA) is 49.2 Å². The molecule has 4 heteroatoms. The van der Waals surface area contributed by atoms with Crippen molar-refractivity contribution in [2.75, 3.05) is 18.0 Å². The molecule has 2 aromatic rings. The van der Waals surface area contributed by atoms with Crippen molar-refractivity contribution in [3.05, 3.63) is 42.2 Å². The fraction of sp³-hybridized carbons (Fsp3) is 0.375. The second-order valence-electron chi connectivity index (χ2n) is 5.21. The number of anilines is 1. The molecule has 1 saturated heterocycles. The monoisotopic (exact) mass is 269 g/mol. The van der Waals surface area contributed by atoms with Gasteiger partial charge in [0.25, 0.3) is 0 Å². The van der Waals surface area contributed by atoms with Crippen molar-refractivity contribution in [2.45, 2.75) is 25.9 Å². The van der Waals surface area contributed by atoms with E-state index in [1.54, 1.807) is 0 Å². The van der Waals surface area contributed by atoms with Crippen LogP contribution in [0.15, 0.2) is 36.7 Å². The summed E-state index contributed by atoms with van der Waals surface area (Å²) in [5.74, 6) is 0.704. The van der Waals surface area contributed by atoms with E-state index in [0.717, 1.165) is 30.5 Å². The maximum atomic E-state index is 9.55. The van der Waals surface area contributed by atoms with E-state index >= 15 is 0 Å². The Labute approximate surface area is 119 Å². The third kappa shape index (κ3) is 2.65. The third-order valence-corrected chi connectivity index (χ3v) is 3.78. The third-order valence-electron chi connectivity index (χ3n) is 3.78. The van der Waals surface area contributed by atoms with E-state index in [-0.39, 0.29) is 6.10 Å². The van der Waals surface area contributed by atoms with E-state index in [1.807, 2.05) is 17.3 Å². The zero-order valence-electron chi connectivity index (χ0n) is 11.7. The van der Waals surface area contributed by atoms with Gasteiger partial charge in [-0.25, -0.2) is 9.97 Å². The Bertz CT molecular complexity index is 565. The molecular formula is C16H19N3O. The lowest BCUT2D eigenvalue weighted by molar-refractivity contribution is 0.198. The number of aryl methyl sites for hydroxylation is 1. The fourth-order valence-electron chi connectivity index (χ4n) is 2.49. The quantitative estimate of drug-likeness (QED) is 0.928. The molecule has 104 valence electrons. The van der Waals surface area contributed by atoms with Crippen molar-refractivity contribution >= 4 is 5.95 Å². The van der Waals surface area contributed by atoms with Gasteiger partial charge >= 0.3 is 0 Å². The van der Waals surface area contributed by atoms with E-state index in [9.17, 15) is 5.11 Å². The van der Waals surface area contributed by atoms with Gasteiger partial charge in [-0.15, -0.1) is 0 Å². The van der Waals surface area contributed by atoms with Crippen LogP contribution in [0.5, 0.6) is 0 Å². The van der Waals surface area contributed by atoms with Gasteiger partial charge in [-0.2, -0.15) is 0 Å². The maximum Gasteiger partial charge on any atom is 0.225 e. The second-order valence-corrected chi connectivity index (χ2v) is 5.21. The largest absolute Gasteiger partial charge is 0.391 e. The average Bonchev–Trinajstić information content (AvgIpc) is 2.94. The van der Waals surface area contributed by atoms with Crippen LogP contribution in [0.1, 0.15) is 18.9 Å². The minimum Gasteiger partial charge on any atom is -0.391 e. The molecule has 2 heterocycles. The second kappa shape index (κ2) is 5.59. The molecule has 0 aliphatic carbocycles. The Balaban J connectivity index is 1.78. The van der Waals surface area contributed by atoms with Gasteiger partial charge in [0.05, 0.1) is 6.10 Å². The number of aliphatic hydroxyl groups is 1. The number of nitrogens with zero attached hydrogens (tertiary/aromatic N) is 3. The highest BCUT2D eigenvalue weighted by Crippen LogP contribution is 2.21. The molecule has 1 unspecified atom stereocenters. The number of benzene rings is 1. The molecule has 0 bridgehead atoms. The summed E-state index contributed by atoms with van der Waals surface area (Å²) < 4.78 is 0. The highest BCUT2D eigenvalue weighted by atomic mass is 16.3. The Kier molecular flexibility index (Phi) is 3.65. The smallest absolute Gasteiger partial charge is 0.225 e. The molecule has 4 nitrogen and oxygen atoms in total. The van der Waals surface area contributed by atoms with Crippen molar-refractivity contribution in [3.63, 3.8) is 0 Å². The standard InChI is InChI=1S/C16H19N3O/c1-2-12-3-5-13(6-4-12)14-9-17-16(18-10-14)19-8-7-15(20)11-19/h3-6,9-10,15,20H,2,7-8,11H2,1H3. The summed E-state index contributed by atoms with van der Waals surface area (Å²) >= 11 is 0. The molecule has 1 aromatic heterocycles. The molecule has 0 spiro atoms. The molecule has 0 radical (unpaired) electrons. The van der Waals surface area contributed by atoms with Gasteiger partial charge in [0, 0.05) is 31.0 Å². The predicted molar refractivity (Wildman–Crippen MR) is 79.7 cm³/mol. The van der Waals surface area contributed by atoms with E-state index in [1.165, 1.54) is 5.56 Å². The first-order chi connectivity index (χ1) is 9.76. The molecule has 1 N–H and O–H groups in total. The SMILES string of the molecule is CCc1ccc(-c2cnc(N3CCC(O)C3)nc2)cc1. The molecule has 3 rings (SSSR count). The molecule has 1 aromatic carbocycles. The molecule has 0 amide bonds. The Morgan fingerprint density at radius 1 is 1.15 bits per heavy atom.